The van der Waals surface area contributed by atoms with Gasteiger partial charge in [0.2, 0.25) is 0 Å². The van der Waals surface area contributed by atoms with Gasteiger partial charge in [-0.3, -0.25) is 0 Å². The minimum Gasteiger partial charge on any atom is -0.109 e. The van der Waals surface area contributed by atoms with E-state index in [1.807, 2.05) is 0 Å². The third-order valence-corrected chi connectivity index (χ3v) is 0.742. The van der Waals surface area contributed by atoms with E-state index in [-0.39, 0.29) is 19.2 Å². The van der Waals surface area contributed by atoms with Crippen molar-refractivity contribution in [3.8, 4) is 0 Å². The van der Waals surface area contributed by atoms with Crippen molar-refractivity contribution in [3.63, 3.8) is 0 Å². The third-order valence-electron chi connectivity index (χ3n) is 0.0825. The lowest BCUT2D eigenvalue weighted by Gasteiger charge is -1.72. The molecular weight excluding hydrogens is 403 g/mol. The molecule has 16 heavy (non-hydrogen) atoms. The van der Waals surface area contributed by atoms with Crippen molar-refractivity contribution in [3.05, 3.63) is 21.1 Å². The molecule has 0 unspecified atom stereocenters. The highest BCUT2D eigenvalue weighted by Crippen LogP contribution is 2.05. The Kier molecular flexibility index (Phi) is 42.9. The van der Waals surface area contributed by atoms with E-state index < -0.39 is 0 Å². The first-order valence-electron chi connectivity index (χ1n) is 3.16. The highest BCUT2D eigenvalue weighted by molar-refractivity contribution is 6.58. The van der Waals surface area contributed by atoms with Crippen LogP contribution < -0.4 is 0 Å². The second kappa shape index (κ2) is 25.8. The molecule has 0 aliphatic rings. The van der Waals surface area contributed by atoms with Crippen LogP contribution in [0.3, 0.4) is 0 Å². The molecule has 100 valence electrons. The van der Waals surface area contributed by atoms with E-state index in [1.165, 1.54) is 0 Å². The number of alkyl halides is 4. The molecule has 0 radical (unpaired) electrons. The van der Waals surface area contributed by atoms with Crippen molar-refractivity contribution < 1.29 is 0 Å². The van der Waals surface area contributed by atoms with Crippen molar-refractivity contribution in [1.29, 1.82) is 0 Å². The highest BCUT2D eigenvalue weighted by Gasteiger charge is 1.75. The number of halogens is 9. The first-order valence-corrected chi connectivity index (χ1v) is 7.05. The molecule has 0 aliphatic carbocycles. The van der Waals surface area contributed by atoms with Crippen LogP contribution in [0.25, 0.3) is 0 Å². The maximum Gasteiger partial charge on any atom is 0.118 e. The van der Waals surface area contributed by atoms with Crippen molar-refractivity contribution in [2.24, 2.45) is 0 Å². The Labute approximate surface area is 141 Å². The van der Waals surface area contributed by atoms with Crippen LogP contribution in [-0.2, 0) is 0 Å². The summed E-state index contributed by atoms with van der Waals surface area (Å²) in [6, 6.07) is 0. The van der Waals surface area contributed by atoms with Gasteiger partial charge in [-0.1, -0.05) is 64.6 Å². The summed E-state index contributed by atoms with van der Waals surface area (Å²) in [6.07, 6.45) is 0. The lowest BCUT2D eigenvalue weighted by Crippen LogP contribution is -1.63. The normalized spacial score (nSPS) is 7.19. The number of hydrogen-bond donors (Lipinski definition) is 0. The first-order chi connectivity index (χ1) is 7.15. The van der Waals surface area contributed by atoms with E-state index in [1.54, 1.807) is 6.92 Å². The molecule has 0 bridgehead atoms. The van der Waals surface area contributed by atoms with E-state index in [0.29, 0.717) is 0 Å². The Morgan fingerprint density at radius 3 is 1.19 bits per heavy atom. The van der Waals surface area contributed by atoms with Gasteiger partial charge in [0.15, 0.2) is 0 Å². The summed E-state index contributed by atoms with van der Waals surface area (Å²) < 4.78 is 0.201. The molecule has 0 aromatic heterocycles. The van der Waals surface area contributed by atoms with Crippen LogP contribution in [0.2, 0.25) is 0 Å². The van der Waals surface area contributed by atoms with E-state index in [9.17, 15) is 0 Å². The van der Waals surface area contributed by atoms with Gasteiger partial charge in [-0.15, -0.1) is 46.4 Å². The molecule has 0 aromatic carbocycles. The van der Waals surface area contributed by atoms with Crippen LogP contribution in [0.1, 0.15) is 6.92 Å². The molecule has 0 heterocycles. The zero-order valence-corrected chi connectivity index (χ0v) is 14.8. The lowest BCUT2D eigenvalue weighted by molar-refractivity contribution is 1.39. The second-order valence-electron chi connectivity index (χ2n) is 1.36. The van der Waals surface area contributed by atoms with Gasteiger partial charge in [-0.25, -0.2) is 0 Å². The zero-order chi connectivity index (χ0) is 14.1. The van der Waals surface area contributed by atoms with Gasteiger partial charge in [0.1, 0.15) is 9.33 Å². The second-order valence-corrected chi connectivity index (χ2v) is 6.03. The van der Waals surface area contributed by atoms with E-state index in [2.05, 4.69) is 6.58 Å². The van der Waals surface area contributed by atoms with Crippen molar-refractivity contribution in [2.75, 3.05) is 5.34 Å². The molecule has 0 amide bonds. The molecule has 0 aliphatic heterocycles. The van der Waals surface area contributed by atoms with Gasteiger partial charge in [0.05, 0.1) is 9.83 Å². The van der Waals surface area contributed by atoms with Crippen LogP contribution in [0, 0.1) is 0 Å². The monoisotopic (exact) mass is 408 g/mol. The minimum atomic E-state index is -0.222. The Morgan fingerprint density at radius 1 is 1.12 bits per heavy atom. The van der Waals surface area contributed by atoms with E-state index in [0.717, 1.165) is 5.54 Å². The largest absolute Gasteiger partial charge is 0.118 e. The predicted octanol–water partition coefficient (Wildman–Crippen LogP) is 7.67. The summed E-state index contributed by atoms with van der Waals surface area (Å²) in [4.78, 5) is -0.222. The predicted molar refractivity (Wildman–Crippen MR) is 84.2 cm³/mol. The fourth-order valence-corrected chi connectivity index (χ4v) is 0. The molecule has 0 N–H and O–H groups in total. The Bertz CT molecular complexity index is 143. The average molecular weight is 412 g/mol. The van der Waals surface area contributed by atoms with Gasteiger partial charge < -0.3 is 0 Å². The van der Waals surface area contributed by atoms with E-state index in [4.69, 9.17) is 104 Å². The Balaban J connectivity index is -0.0000000610. The van der Waals surface area contributed by atoms with Gasteiger partial charge >= 0.3 is 0 Å². The van der Waals surface area contributed by atoms with Gasteiger partial charge in [0, 0.05) is 5.54 Å². The van der Waals surface area contributed by atoms with Crippen LogP contribution >= 0.6 is 104 Å². The summed E-state index contributed by atoms with van der Waals surface area (Å²) in [5.74, 6) is 0. The number of hydrogen-bond acceptors (Lipinski definition) is 0. The van der Waals surface area contributed by atoms with E-state index >= 15 is 0 Å². The topological polar surface area (TPSA) is 0 Å². The summed E-state index contributed by atoms with van der Waals surface area (Å²) in [7, 11) is 0. The average Bonchev–Trinajstić information content (AvgIpc) is 2.03. The molecule has 0 spiro atoms. The lowest BCUT2D eigenvalue weighted by atomic mass is 11.0. The van der Waals surface area contributed by atoms with Crippen LogP contribution in [0.4, 0.5) is 0 Å². The zero-order valence-electron chi connectivity index (χ0n) is 7.97. The first kappa shape index (κ1) is 26.6. The quantitative estimate of drug-likeness (QED) is 0.358. The molecule has 0 fully saturated rings. The van der Waals surface area contributed by atoms with Crippen LogP contribution in [-0.4, -0.2) is 10.2 Å². The fourth-order valence-electron chi connectivity index (χ4n) is 0. The molecule has 0 nitrogen and oxygen atoms in total. The third kappa shape index (κ3) is 219. The molecule has 0 rings (SSSR count). The SMILES string of the molecule is C=C(Cl)Cl.CC(Cl)Cl.ClC=C(Cl)Cl.ClCCl. The summed E-state index contributed by atoms with van der Waals surface area (Å²) in [5.41, 5.74) is 1.09. The molecular formula is C7H9Cl9. The Hall–Kier alpha value is 2.09. The molecule has 0 atom stereocenters. The van der Waals surface area contributed by atoms with Gasteiger partial charge in [-0.05, 0) is 6.92 Å². The van der Waals surface area contributed by atoms with Crippen LogP contribution in [0.15, 0.2) is 21.1 Å². The molecule has 9 heteroatoms. The van der Waals surface area contributed by atoms with Crippen molar-refractivity contribution in [1.82, 2.24) is 0 Å². The summed E-state index contributed by atoms with van der Waals surface area (Å²) in [5, 5.41) is 0.194. The Morgan fingerprint density at radius 2 is 1.19 bits per heavy atom. The smallest absolute Gasteiger partial charge is 0.109 e. The van der Waals surface area contributed by atoms with Gasteiger partial charge in [-0.2, -0.15) is 0 Å². The highest BCUT2D eigenvalue weighted by atomic mass is 35.5. The maximum absolute atomic E-state index is 5.04. The number of rotatable bonds is 0. The minimum absolute atomic E-state index is 0.0895. The van der Waals surface area contributed by atoms with Gasteiger partial charge in [0.25, 0.3) is 0 Å². The molecule has 0 aromatic rings. The summed E-state index contributed by atoms with van der Waals surface area (Å²) >= 11 is 44.1. The van der Waals surface area contributed by atoms with Crippen molar-refractivity contribution in [2.45, 2.75) is 11.8 Å². The van der Waals surface area contributed by atoms with Crippen molar-refractivity contribution >= 4 is 104 Å². The standard InChI is InChI=1S/C2HCl3.C2H4Cl2.C2H2Cl2.CH2Cl2/c3-1-2(4)5;2*1-2(3)4;2-1-3/h1H;2H,1H3;1H2;1H2. The summed E-state index contributed by atoms with van der Waals surface area (Å²) in [6.45, 7) is 4.78. The fraction of sp³-hybridized carbons (Fsp3) is 0.429. The molecule has 0 saturated carbocycles. The molecule has 0 saturated heterocycles. The van der Waals surface area contributed by atoms with Crippen LogP contribution in [0.5, 0.6) is 0 Å². The maximum atomic E-state index is 5.04.